The third-order valence-corrected chi connectivity index (χ3v) is 3.87. The third kappa shape index (κ3) is 4.05. The van der Waals surface area contributed by atoms with E-state index in [2.05, 4.69) is 65.7 Å². The zero-order chi connectivity index (χ0) is 14.5. The van der Waals surface area contributed by atoms with Crippen molar-refractivity contribution in [2.45, 2.75) is 38.9 Å². The van der Waals surface area contributed by atoms with Crippen molar-refractivity contribution in [2.24, 2.45) is 0 Å². The summed E-state index contributed by atoms with van der Waals surface area (Å²) >= 11 is 0. The Morgan fingerprint density at radius 2 is 1.81 bits per heavy atom. The van der Waals surface area contributed by atoms with Crippen LogP contribution in [0.5, 0.6) is 0 Å². The van der Waals surface area contributed by atoms with Gasteiger partial charge in [0.25, 0.3) is 0 Å². The Kier molecular flexibility index (Phi) is 4.51. The number of hydrogen-bond donors (Lipinski definition) is 1. The van der Waals surface area contributed by atoms with Crippen LogP contribution in [0.15, 0.2) is 48.5 Å². The van der Waals surface area contributed by atoms with Gasteiger partial charge in [-0.1, -0.05) is 24.3 Å². The second-order valence-corrected chi connectivity index (χ2v) is 5.63. The number of hydrogen-bond acceptors (Lipinski definition) is 3. The fourth-order valence-electron chi connectivity index (χ4n) is 2.47. The van der Waals surface area contributed by atoms with Crippen molar-refractivity contribution in [1.29, 1.82) is 0 Å². The molecule has 0 amide bonds. The predicted molar refractivity (Wildman–Crippen MR) is 87.3 cm³/mol. The van der Waals surface area contributed by atoms with Crippen LogP contribution in [0.3, 0.4) is 0 Å². The number of pyridine rings is 1. The fraction of sp³-hybridized carbons (Fsp3) is 0.389. The molecule has 1 aliphatic carbocycles. The summed E-state index contributed by atoms with van der Waals surface area (Å²) in [7, 11) is 0. The SMILES string of the molecule is CCN(Cc1cccc(CNC2CC2)n1)c1ccccc1. The summed E-state index contributed by atoms with van der Waals surface area (Å²) in [5.74, 6) is 0. The van der Waals surface area contributed by atoms with Crippen LogP contribution in [0.25, 0.3) is 0 Å². The van der Waals surface area contributed by atoms with Crippen molar-refractivity contribution in [1.82, 2.24) is 10.3 Å². The summed E-state index contributed by atoms with van der Waals surface area (Å²) in [4.78, 5) is 7.13. The van der Waals surface area contributed by atoms with Gasteiger partial charge in [-0.3, -0.25) is 4.98 Å². The molecule has 0 atom stereocenters. The molecule has 1 saturated carbocycles. The maximum absolute atomic E-state index is 4.78. The number of benzene rings is 1. The molecule has 0 bridgehead atoms. The second-order valence-electron chi connectivity index (χ2n) is 5.63. The van der Waals surface area contributed by atoms with Crippen molar-refractivity contribution >= 4 is 5.69 Å². The molecule has 0 unspecified atom stereocenters. The van der Waals surface area contributed by atoms with Crippen LogP contribution >= 0.6 is 0 Å². The van der Waals surface area contributed by atoms with Crippen LogP contribution in [0, 0.1) is 0 Å². The van der Waals surface area contributed by atoms with E-state index in [1.165, 1.54) is 18.5 Å². The number of para-hydroxylation sites is 1. The highest BCUT2D eigenvalue weighted by Gasteiger charge is 2.20. The van der Waals surface area contributed by atoms with Gasteiger partial charge in [-0.15, -0.1) is 0 Å². The molecule has 1 heterocycles. The van der Waals surface area contributed by atoms with Gasteiger partial charge in [-0.05, 0) is 44.0 Å². The Morgan fingerprint density at radius 1 is 1.05 bits per heavy atom. The van der Waals surface area contributed by atoms with E-state index in [1.807, 2.05) is 0 Å². The topological polar surface area (TPSA) is 28.2 Å². The average molecular weight is 281 g/mol. The zero-order valence-electron chi connectivity index (χ0n) is 12.6. The summed E-state index contributed by atoms with van der Waals surface area (Å²) in [6.07, 6.45) is 2.63. The predicted octanol–water partition coefficient (Wildman–Crippen LogP) is 3.36. The zero-order valence-corrected chi connectivity index (χ0v) is 12.6. The van der Waals surface area contributed by atoms with Crippen LogP contribution < -0.4 is 10.2 Å². The second kappa shape index (κ2) is 6.72. The van der Waals surface area contributed by atoms with Gasteiger partial charge < -0.3 is 10.2 Å². The molecule has 0 aliphatic heterocycles. The molecule has 3 heteroatoms. The lowest BCUT2D eigenvalue weighted by Gasteiger charge is -2.22. The van der Waals surface area contributed by atoms with E-state index in [9.17, 15) is 0 Å². The minimum Gasteiger partial charge on any atom is -0.366 e. The van der Waals surface area contributed by atoms with Gasteiger partial charge in [0.15, 0.2) is 0 Å². The summed E-state index contributed by atoms with van der Waals surface area (Å²) < 4.78 is 0. The van der Waals surface area contributed by atoms with Crippen molar-refractivity contribution in [3.63, 3.8) is 0 Å². The molecule has 0 saturated heterocycles. The minimum atomic E-state index is 0.729. The molecule has 3 nitrogen and oxygen atoms in total. The largest absolute Gasteiger partial charge is 0.366 e. The van der Waals surface area contributed by atoms with Gasteiger partial charge in [0, 0.05) is 24.8 Å². The molecule has 21 heavy (non-hydrogen) atoms. The van der Waals surface area contributed by atoms with E-state index in [4.69, 9.17) is 4.98 Å². The molecular weight excluding hydrogens is 258 g/mol. The van der Waals surface area contributed by atoms with E-state index in [0.717, 1.165) is 37.1 Å². The Labute approximate surface area is 127 Å². The molecule has 1 aromatic heterocycles. The highest BCUT2D eigenvalue weighted by Crippen LogP contribution is 2.19. The Hall–Kier alpha value is -1.87. The van der Waals surface area contributed by atoms with Crippen LogP contribution in [0.4, 0.5) is 5.69 Å². The van der Waals surface area contributed by atoms with Gasteiger partial charge in [0.05, 0.1) is 17.9 Å². The molecule has 1 N–H and O–H groups in total. The number of nitrogens with one attached hydrogen (secondary N) is 1. The highest BCUT2D eigenvalue weighted by molar-refractivity contribution is 5.46. The average Bonchev–Trinajstić information content (AvgIpc) is 3.36. The van der Waals surface area contributed by atoms with Crippen molar-refractivity contribution in [3.05, 3.63) is 59.9 Å². The molecule has 110 valence electrons. The lowest BCUT2D eigenvalue weighted by molar-refractivity contribution is 0.669. The van der Waals surface area contributed by atoms with E-state index in [-0.39, 0.29) is 0 Å². The molecule has 1 aliphatic rings. The first-order chi connectivity index (χ1) is 10.3. The lowest BCUT2D eigenvalue weighted by atomic mass is 10.2. The van der Waals surface area contributed by atoms with E-state index in [0.29, 0.717) is 0 Å². The molecule has 3 rings (SSSR count). The van der Waals surface area contributed by atoms with Crippen molar-refractivity contribution in [3.8, 4) is 0 Å². The normalized spacial score (nSPS) is 14.1. The number of rotatable bonds is 7. The summed E-state index contributed by atoms with van der Waals surface area (Å²) in [6.45, 7) is 4.91. The van der Waals surface area contributed by atoms with Gasteiger partial charge >= 0.3 is 0 Å². The first-order valence-electron chi connectivity index (χ1n) is 7.83. The molecule has 0 spiro atoms. The Balaban J connectivity index is 1.66. The molecule has 1 fully saturated rings. The molecule has 1 aromatic carbocycles. The standard InChI is InChI=1S/C18H23N3/c1-2-21(18-9-4-3-5-10-18)14-17-8-6-7-16(20-17)13-19-15-11-12-15/h3-10,15,19H,2,11-14H2,1H3. The fourth-order valence-corrected chi connectivity index (χ4v) is 2.47. The third-order valence-electron chi connectivity index (χ3n) is 3.87. The number of anilines is 1. The Bertz CT molecular complexity index is 564. The first kappa shape index (κ1) is 14.1. The molecular formula is C18H23N3. The van der Waals surface area contributed by atoms with Gasteiger partial charge in [0.2, 0.25) is 0 Å². The van der Waals surface area contributed by atoms with Crippen LogP contribution in [0.1, 0.15) is 31.2 Å². The van der Waals surface area contributed by atoms with Gasteiger partial charge in [-0.25, -0.2) is 0 Å². The smallest absolute Gasteiger partial charge is 0.0602 e. The summed E-state index contributed by atoms with van der Waals surface area (Å²) in [6, 6.07) is 17.6. The maximum atomic E-state index is 4.78. The van der Waals surface area contributed by atoms with Crippen molar-refractivity contribution in [2.75, 3.05) is 11.4 Å². The van der Waals surface area contributed by atoms with Crippen LogP contribution in [-0.2, 0) is 13.1 Å². The summed E-state index contributed by atoms with van der Waals surface area (Å²) in [5.41, 5.74) is 3.53. The lowest BCUT2D eigenvalue weighted by Crippen LogP contribution is -2.23. The molecule has 0 radical (unpaired) electrons. The van der Waals surface area contributed by atoms with E-state index >= 15 is 0 Å². The Morgan fingerprint density at radius 3 is 2.52 bits per heavy atom. The van der Waals surface area contributed by atoms with E-state index in [1.54, 1.807) is 0 Å². The first-order valence-corrected chi connectivity index (χ1v) is 7.83. The quantitative estimate of drug-likeness (QED) is 0.843. The molecule has 2 aromatic rings. The van der Waals surface area contributed by atoms with Crippen molar-refractivity contribution < 1.29 is 0 Å². The highest BCUT2D eigenvalue weighted by atomic mass is 15.1. The maximum Gasteiger partial charge on any atom is 0.0602 e. The van der Waals surface area contributed by atoms with Crippen LogP contribution in [-0.4, -0.2) is 17.6 Å². The number of aromatic nitrogens is 1. The summed E-state index contributed by atoms with van der Waals surface area (Å²) in [5, 5.41) is 3.52. The van der Waals surface area contributed by atoms with Gasteiger partial charge in [-0.2, -0.15) is 0 Å². The van der Waals surface area contributed by atoms with Gasteiger partial charge in [0.1, 0.15) is 0 Å². The van der Waals surface area contributed by atoms with Crippen LogP contribution in [0.2, 0.25) is 0 Å². The minimum absolute atomic E-state index is 0.729. The monoisotopic (exact) mass is 281 g/mol. The number of nitrogens with zero attached hydrogens (tertiary/aromatic N) is 2. The van der Waals surface area contributed by atoms with E-state index < -0.39 is 0 Å².